The molecule has 1 saturated carbocycles. The molecule has 1 aromatic rings. The van der Waals surface area contributed by atoms with Gasteiger partial charge in [-0.3, -0.25) is 9.59 Å². The first-order valence-electron chi connectivity index (χ1n) is 11.3. The number of nitrogens with one attached hydrogen (secondary N) is 1. The van der Waals surface area contributed by atoms with E-state index in [0.29, 0.717) is 5.56 Å². The molecule has 13 nitrogen and oxygen atoms in total. The molecular weight excluding hydrogens is 482 g/mol. The van der Waals surface area contributed by atoms with Gasteiger partial charge in [-0.2, -0.15) is 0 Å². The van der Waals surface area contributed by atoms with Crippen LogP contribution < -0.4 is 10.1 Å². The standard InChI is InChI=1S/C23H29NO12/c1-8(22(32)24-13-14(27)16(29)21-20(15(13)28)33-7-34-21)5-10-3-4-12(11(26)6-10)35-23-18(31)17(30)19(36-23)9(2)25/h3-6,13-21,23,26-31H,7H2,1-2H3,(H,24,32)/b8-5+/t13?,14?,15?,16-,17+,18?,19?,20+,21-,23?/m1/s1. The average Bonchev–Trinajstić information content (AvgIpc) is 3.43. The van der Waals surface area contributed by atoms with Crippen LogP contribution in [0.3, 0.4) is 0 Å². The maximum Gasteiger partial charge on any atom is 0.247 e. The molecule has 4 rings (SSSR count). The molecule has 0 radical (unpaired) electrons. The van der Waals surface area contributed by atoms with Crippen molar-refractivity contribution in [3.05, 3.63) is 29.3 Å². The molecule has 13 heteroatoms. The van der Waals surface area contributed by atoms with E-state index in [1.54, 1.807) is 0 Å². The van der Waals surface area contributed by atoms with E-state index in [1.165, 1.54) is 38.1 Å². The van der Waals surface area contributed by atoms with Crippen LogP contribution in [0.15, 0.2) is 23.8 Å². The topological polar surface area (TPSA) is 204 Å². The van der Waals surface area contributed by atoms with Gasteiger partial charge in [-0.05, 0) is 37.6 Å². The van der Waals surface area contributed by atoms with Crippen LogP contribution in [-0.2, 0) is 23.8 Å². The Kier molecular flexibility index (Phi) is 7.64. The third-order valence-electron chi connectivity index (χ3n) is 6.49. The Hall–Kier alpha value is -2.62. The Morgan fingerprint density at radius 2 is 1.64 bits per heavy atom. The highest BCUT2D eigenvalue weighted by Crippen LogP contribution is 2.33. The summed E-state index contributed by atoms with van der Waals surface area (Å²) >= 11 is 0. The fourth-order valence-electron chi connectivity index (χ4n) is 4.46. The van der Waals surface area contributed by atoms with Gasteiger partial charge in [0, 0.05) is 5.57 Å². The van der Waals surface area contributed by atoms with Gasteiger partial charge < -0.3 is 54.9 Å². The SMILES string of the molecule is CC(=O)C1OC(Oc2ccc(/C=C(\C)C(=O)NC3C(O)[C@@H](O)[C@H]4OCO[C@H]4C3O)cc2O)C(O)[C@@H]1O. The number of aliphatic hydroxyl groups excluding tert-OH is 5. The van der Waals surface area contributed by atoms with Gasteiger partial charge in [0.1, 0.15) is 55.6 Å². The number of aromatic hydroxyl groups is 1. The molecule has 2 heterocycles. The zero-order valence-corrected chi connectivity index (χ0v) is 19.4. The number of amides is 1. The number of hydrogen-bond acceptors (Lipinski definition) is 12. The summed E-state index contributed by atoms with van der Waals surface area (Å²) in [4.78, 5) is 24.2. The Labute approximate surface area is 205 Å². The van der Waals surface area contributed by atoms with E-state index in [4.69, 9.17) is 18.9 Å². The van der Waals surface area contributed by atoms with Crippen molar-refractivity contribution >= 4 is 17.8 Å². The van der Waals surface area contributed by atoms with Crippen LogP contribution in [0, 0.1) is 0 Å². The van der Waals surface area contributed by atoms with Crippen molar-refractivity contribution in [3.63, 3.8) is 0 Å². The largest absolute Gasteiger partial charge is 0.504 e. The molecule has 1 aliphatic carbocycles. The van der Waals surface area contributed by atoms with Gasteiger partial charge >= 0.3 is 0 Å². The molecule has 3 fully saturated rings. The quantitative estimate of drug-likeness (QED) is 0.199. The maximum atomic E-state index is 12.7. The number of ether oxygens (including phenoxy) is 4. The van der Waals surface area contributed by atoms with Gasteiger partial charge in [0.25, 0.3) is 0 Å². The van der Waals surface area contributed by atoms with Gasteiger partial charge in [-0.15, -0.1) is 0 Å². The van der Waals surface area contributed by atoms with E-state index in [2.05, 4.69) is 5.32 Å². The highest BCUT2D eigenvalue weighted by molar-refractivity contribution is 5.97. The Morgan fingerprint density at radius 1 is 0.972 bits per heavy atom. The minimum Gasteiger partial charge on any atom is -0.504 e. The third-order valence-corrected chi connectivity index (χ3v) is 6.49. The summed E-state index contributed by atoms with van der Waals surface area (Å²) < 4.78 is 21.1. The van der Waals surface area contributed by atoms with Crippen molar-refractivity contribution in [1.82, 2.24) is 5.32 Å². The zero-order valence-electron chi connectivity index (χ0n) is 19.4. The monoisotopic (exact) mass is 511 g/mol. The van der Waals surface area contributed by atoms with E-state index >= 15 is 0 Å². The molecule has 1 amide bonds. The summed E-state index contributed by atoms with van der Waals surface area (Å²) in [6.07, 6.45) is -10.2. The minimum absolute atomic E-state index is 0.0921. The van der Waals surface area contributed by atoms with Gasteiger partial charge in [-0.25, -0.2) is 0 Å². The lowest BCUT2D eigenvalue weighted by Gasteiger charge is -2.41. The molecule has 36 heavy (non-hydrogen) atoms. The number of rotatable bonds is 6. The normalized spacial score (nSPS) is 38.5. The highest BCUT2D eigenvalue weighted by Gasteiger charge is 2.53. The van der Waals surface area contributed by atoms with Crippen LogP contribution in [0.5, 0.6) is 11.5 Å². The summed E-state index contributed by atoms with van der Waals surface area (Å²) in [7, 11) is 0. The lowest BCUT2D eigenvalue weighted by atomic mass is 9.83. The van der Waals surface area contributed by atoms with Crippen LogP contribution >= 0.6 is 0 Å². The smallest absolute Gasteiger partial charge is 0.247 e. The molecule has 198 valence electrons. The molecule has 2 saturated heterocycles. The number of Topliss-reactive ketones (excluding diaryl/α,β-unsaturated/α-hetero) is 1. The van der Waals surface area contributed by atoms with Crippen molar-refractivity contribution in [1.29, 1.82) is 0 Å². The number of fused-ring (bicyclic) bond motifs is 1. The Bertz CT molecular complexity index is 1030. The average molecular weight is 511 g/mol. The van der Waals surface area contributed by atoms with Crippen LogP contribution in [0.1, 0.15) is 19.4 Å². The van der Waals surface area contributed by atoms with Gasteiger partial charge in [0.15, 0.2) is 17.3 Å². The van der Waals surface area contributed by atoms with Crippen LogP contribution in [0.25, 0.3) is 6.08 Å². The number of phenols is 1. The molecule has 1 aromatic carbocycles. The number of hydrogen-bond donors (Lipinski definition) is 7. The predicted molar refractivity (Wildman–Crippen MR) is 118 cm³/mol. The molecule has 6 unspecified atom stereocenters. The first-order valence-corrected chi connectivity index (χ1v) is 11.3. The van der Waals surface area contributed by atoms with E-state index < -0.39 is 72.9 Å². The second-order valence-electron chi connectivity index (χ2n) is 9.04. The third kappa shape index (κ3) is 4.96. The second-order valence-corrected chi connectivity index (χ2v) is 9.04. The molecular formula is C23H29NO12. The number of carbonyl (C=O) groups excluding carboxylic acids is 2. The molecule has 0 spiro atoms. The summed E-state index contributed by atoms with van der Waals surface area (Å²) in [6, 6.07) is 2.90. The number of benzene rings is 1. The zero-order chi connectivity index (χ0) is 26.3. The van der Waals surface area contributed by atoms with Gasteiger partial charge in [-0.1, -0.05) is 6.07 Å². The molecule has 0 bridgehead atoms. The van der Waals surface area contributed by atoms with Crippen LogP contribution in [-0.4, -0.2) is 110 Å². The van der Waals surface area contributed by atoms with E-state index in [9.17, 15) is 40.2 Å². The summed E-state index contributed by atoms with van der Waals surface area (Å²) in [5, 5.41) is 63.9. The number of carbonyl (C=O) groups is 2. The van der Waals surface area contributed by atoms with E-state index in [-0.39, 0.29) is 23.9 Å². The minimum atomic E-state index is -1.51. The molecule has 0 aromatic heterocycles. The molecule has 2 aliphatic heterocycles. The number of aliphatic hydroxyl groups is 5. The molecule has 7 N–H and O–H groups in total. The summed E-state index contributed by atoms with van der Waals surface area (Å²) in [5.41, 5.74) is 0.545. The predicted octanol–water partition coefficient (Wildman–Crippen LogP) is -2.47. The van der Waals surface area contributed by atoms with Gasteiger partial charge in [0.05, 0.1) is 6.04 Å². The molecule has 3 aliphatic rings. The van der Waals surface area contributed by atoms with Crippen LogP contribution in [0.2, 0.25) is 0 Å². The second kappa shape index (κ2) is 10.4. The summed E-state index contributed by atoms with van der Waals surface area (Å²) in [5.74, 6) is -1.59. The first kappa shape index (κ1) is 26.4. The molecule has 10 atom stereocenters. The maximum absolute atomic E-state index is 12.7. The fourth-order valence-corrected chi connectivity index (χ4v) is 4.46. The first-order chi connectivity index (χ1) is 17.0. The Morgan fingerprint density at radius 3 is 2.25 bits per heavy atom. The Balaban J connectivity index is 1.41. The highest BCUT2D eigenvalue weighted by atomic mass is 16.7. The van der Waals surface area contributed by atoms with Crippen molar-refractivity contribution in [2.45, 2.75) is 75.0 Å². The van der Waals surface area contributed by atoms with Gasteiger partial charge in [0.2, 0.25) is 12.2 Å². The van der Waals surface area contributed by atoms with Crippen molar-refractivity contribution in [2.75, 3.05) is 6.79 Å². The number of ketones is 1. The fraction of sp³-hybridized carbons (Fsp3) is 0.565. The van der Waals surface area contributed by atoms with Crippen molar-refractivity contribution < 1.29 is 59.2 Å². The number of phenolic OH excluding ortho intramolecular Hbond substituents is 1. The van der Waals surface area contributed by atoms with Crippen molar-refractivity contribution in [3.8, 4) is 11.5 Å². The van der Waals surface area contributed by atoms with Crippen LogP contribution in [0.4, 0.5) is 0 Å². The summed E-state index contributed by atoms with van der Waals surface area (Å²) in [6.45, 7) is 2.52. The lowest BCUT2D eigenvalue weighted by molar-refractivity contribution is -0.155. The van der Waals surface area contributed by atoms with Crippen molar-refractivity contribution in [2.24, 2.45) is 0 Å². The lowest BCUT2D eigenvalue weighted by Crippen LogP contribution is -2.67. The van der Waals surface area contributed by atoms with E-state index in [0.717, 1.165) is 0 Å². The van der Waals surface area contributed by atoms with E-state index in [1.807, 2.05) is 0 Å².